The summed E-state index contributed by atoms with van der Waals surface area (Å²) in [5.74, 6) is 0.645. The number of nitrogens with one attached hydrogen (secondary N) is 2. The minimum absolute atomic E-state index is 0.0584. The second kappa shape index (κ2) is 6.10. The number of nitrogens with zero attached hydrogens (tertiary/aromatic N) is 2. The molecule has 1 aromatic carbocycles. The summed E-state index contributed by atoms with van der Waals surface area (Å²) in [6, 6.07) is 9.88. The lowest BCUT2D eigenvalue weighted by Gasteiger charge is -2.31. The van der Waals surface area contributed by atoms with Crippen molar-refractivity contribution in [1.29, 1.82) is 0 Å². The van der Waals surface area contributed by atoms with E-state index in [1.54, 1.807) is 6.20 Å². The summed E-state index contributed by atoms with van der Waals surface area (Å²) in [4.78, 5) is 12.2. The Labute approximate surface area is 124 Å². The van der Waals surface area contributed by atoms with E-state index in [1.165, 1.54) is 0 Å². The fourth-order valence-electron chi connectivity index (χ4n) is 2.52. The summed E-state index contributed by atoms with van der Waals surface area (Å²) in [7, 11) is 0. The maximum Gasteiger partial charge on any atom is 0.223 e. The van der Waals surface area contributed by atoms with Gasteiger partial charge in [-0.3, -0.25) is 4.79 Å². The number of para-hydroxylation sites is 1. The van der Waals surface area contributed by atoms with Crippen LogP contribution in [0.25, 0.3) is 5.69 Å². The molecular weight excluding hydrogens is 264 g/mol. The summed E-state index contributed by atoms with van der Waals surface area (Å²) in [5.41, 5.74) is 2.06. The molecule has 1 aliphatic heterocycles. The van der Waals surface area contributed by atoms with Crippen molar-refractivity contribution in [3.8, 4) is 5.69 Å². The van der Waals surface area contributed by atoms with Gasteiger partial charge in [-0.25, -0.2) is 4.68 Å². The maximum absolute atomic E-state index is 12.2. The lowest BCUT2D eigenvalue weighted by molar-refractivity contribution is -0.126. The van der Waals surface area contributed by atoms with Crippen LogP contribution in [0.1, 0.15) is 12.5 Å². The van der Waals surface area contributed by atoms with E-state index in [2.05, 4.69) is 15.7 Å². The van der Waals surface area contributed by atoms with E-state index in [1.807, 2.05) is 48.1 Å². The predicted octanol–water partition coefficient (Wildman–Crippen LogP) is 1.34. The van der Waals surface area contributed by atoms with Crippen molar-refractivity contribution in [2.24, 2.45) is 11.8 Å². The van der Waals surface area contributed by atoms with Gasteiger partial charge in [0.1, 0.15) is 0 Å². The van der Waals surface area contributed by atoms with Crippen molar-refractivity contribution >= 4 is 5.91 Å². The molecule has 1 amide bonds. The molecule has 0 spiro atoms. The van der Waals surface area contributed by atoms with Crippen LogP contribution in [0.2, 0.25) is 0 Å². The van der Waals surface area contributed by atoms with Crippen molar-refractivity contribution < 1.29 is 4.79 Å². The van der Waals surface area contributed by atoms with Gasteiger partial charge >= 0.3 is 0 Å². The summed E-state index contributed by atoms with van der Waals surface area (Å²) < 4.78 is 1.82. The predicted molar refractivity (Wildman–Crippen MR) is 80.9 cm³/mol. The van der Waals surface area contributed by atoms with Crippen LogP contribution in [0.15, 0.2) is 42.7 Å². The Hall–Kier alpha value is -2.14. The number of carbonyl (C=O) groups is 1. The highest BCUT2D eigenvalue weighted by Gasteiger charge is 2.28. The highest BCUT2D eigenvalue weighted by atomic mass is 16.1. The molecule has 2 aromatic rings. The number of aromatic nitrogens is 2. The molecule has 0 saturated carbocycles. The van der Waals surface area contributed by atoms with Gasteiger partial charge in [-0.15, -0.1) is 0 Å². The molecule has 1 fully saturated rings. The fraction of sp³-hybridized carbons (Fsp3) is 0.375. The van der Waals surface area contributed by atoms with E-state index < -0.39 is 0 Å². The molecule has 2 heterocycles. The number of rotatable bonds is 5. The Morgan fingerprint density at radius 3 is 2.90 bits per heavy atom. The first-order valence-corrected chi connectivity index (χ1v) is 7.32. The summed E-state index contributed by atoms with van der Waals surface area (Å²) >= 11 is 0. The summed E-state index contributed by atoms with van der Waals surface area (Å²) in [6.07, 6.45) is 3.66. The average molecular weight is 284 g/mol. The van der Waals surface area contributed by atoms with Crippen LogP contribution in [-0.2, 0) is 11.3 Å². The molecule has 110 valence electrons. The van der Waals surface area contributed by atoms with Crippen molar-refractivity contribution in [3.63, 3.8) is 0 Å². The third-order valence-corrected chi connectivity index (χ3v) is 4.13. The van der Waals surface area contributed by atoms with Gasteiger partial charge in [0.25, 0.3) is 0 Å². The Morgan fingerprint density at radius 2 is 2.24 bits per heavy atom. The zero-order valence-corrected chi connectivity index (χ0v) is 12.1. The molecule has 1 saturated heterocycles. The minimum Gasteiger partial charge on any atom is -0.352 e. The molecule has 1 unspecified atom stereocenters. The first kappa shape index (κ1) is 13.8. The number of amides is 1. The standard InChI is InChI=1S/C16H20N4O/c1-12(14-9-17-10-14)16(21)18-11-13-5-2-3-6-15(13)20-8-4-7-19-20/h2-8,12,14,17H,9-11H2,1H3,(H,18,21). The molecule has 0 radical (unpaired) electrons. The Morgan fingerprint density at radius 1 is 1.43 bits per heavy atom. The largest absolute Gasteiger partial charge is 0.352 e. The lowest BCUT2D eigenvalue weighted by Crippen LogP contribution is -2.49. The molecule has 5 nitrogen and oxygen atoms in total. The number of hydrogen-bond donors (Lipinski definition) is 2. The number of hydrogen-bond acceptors (Lipinski definition) is 3. The van der Waals surface area contributed by atoms with Gasteiger partial charge in [0.15, 0.2) is 0 Å². The highest BCUT2D eigenvalue weighted by molar-refractivity contribution is 5.78. The molecule has 5 heteroatoms. The molecule has 0 aliphatic carbocycles. The lowest BCUT2D eigenvalue weighted by atomic mass is 9.88. The van der Waals surface area contributed by atoms with Crippen LogP contribution in [-0.4, -0.2) is 28.8 Å². The normalized spacial score (nSPS) is 16.2. The van der Waals surface area contributed by atoms with E-state index in [9.17, 15) is 4.79 Å². The molecular formula is C16H20N4O. The SMILES string of the molecule is CC(C(=O)NCc1ccccc1-n1cccn1)C1CNC1. The molecule has 1 aromatic heterocycles. The van der Waals surface area contributed by atoms with E-state index in [0.717, 1.165) is 24.3 Å². The second-order valence-electron chi connectivity index (χ2n) is 5.50. The van der Waals surface area contributed by atoms with Gasteiger partial charge in [-0.2, -0.15) is 5.10 Å². The van der Waals surface area contributed by atoms with Crippen LogP contribution in [0, 0.1) is 11.8 Å². The van der Waals surface area contributed by atoms with Gasteiger partial charge in [-0.05, 0) is 36.7 Å². The Balaban J connectivity index is 1.66. The second-order valence-corrected chi connectivity index (χ2v) is 5.50. The smallest absolute Gasteiger partial charge is 0.223 e. The number of carbonyl (C=O) groups excluding carboxylic acids is 1. The van der Waals surface area contributed by atoms with Gasteiger partial charge in [0.2, 0.25) is 5.91 Å². The van der Waals surface area contributed by atoms with E-state index >= 15 is 0 Å². The molecule has 2 N–H and O–H groups in total. The zero-order valence-electron chi connectivity index (χ0n) is 12.1. The average Bonchev–Trinajstić information content (AvgIpc) is 2.97. The third-order valence-electron chi connectivity index (χ3n) is 4.13. The van der Waals surface area contributed by atoms with Gasteiger partial charge in [0.05, 0.1) is 5.69 Å². The van der Waals surface area contributed by atoms with Gasteiger partial charge in [-0.1, -0.05) is 25.1 Å². The third kappa shape index (κ3) is 2.97. The molecule has 1 aliphatic rings. The fourth-order valence-corrected chi connectivity index (χ4v) is 2.52. The van der Waals surface area contributed by atoms with E-state index in [4.69, 9.17) is 0 Å². The van der Waals surface area contributed by atoms with Crippen molar-refractivity contribution in [2.45, 2.75) is 13.5 Å². The monoisotopic (exact) mass is 284 g/mol. The Kier molecular flexibility index (Phi) is 4.01. The zero-order chi connectivity index (χ0) is 14.7. The summed E-state index contributed by atoms with van der Waals surface area (Å²) in [5, 5.41) is 10.5. The highest BCUT2D eigenvalue weighted by Crippen LogP contribution is 2.17. The van der Waals surface area contributed by atoms with Crippen LogP contribution in [0.5, 0.6) is 0 Å². The Bertz CT molecular complexity index is 604. The van der Waals surface area contributed by atoms with E-state index in [0.29, 0.717) is 12.5 Å². The van der Waals surface area contributed by atoms with Crippen molar-refractivity contribution in [3.05, 3.63) is 48.3 Å². The quantitative estimate of drug-likeness (QED) is 0.871. The number of benzene rings is 1. The van der Waals surface area contributed by atoms with Crippen molar-refractivity contribution in [2.75, 3.05) is 13.1 Å². The maximum atomic E-state index is 12.2. The van der Waals surface area contributed by atoms with Crippen LogP contribution >= 0.6 is 0 Å². The van der Waals surface area contributed by atoms with Crippen LogP contribution in [0.4, 0.5) is 0 Å². The molecule has 3 rings (SSSR count). The van der Waals surface area contributed by atoms with Gasteiger partial charge < -0.3 is 10.6 Å². The van der Waals surface area contributed by atoms with Crippen molar-refractivity contribution in [1.82, 2.24) is 20.4 Å². The molecule has 21 heavy (non-hydrogen) atoms. The van der Waals surface area contributed by atoms with Crippen LogP contribution < -0.4 is 10.6 Å². The first-order chi connectivity index (χ1) is 10.3. The van der Waals surface area contributed by atoms with Gasteiger partial charge in [0, 0.05) is 24.9 Å². The topological polar surface area (TPSA) is 59.0 Å². The minimum atomic E-state index is 0.0584. The van der Waals surface area contributed by atoms with E-state index in [-0.39, 0.29) is 11.8 Å². The van der Waals surface area contributed by atoms with Crippen LogP contribution in [0.3, 0.4) is 0 Å². The summed E-state index contributed by atoms with van der Waals surface area (Å²) in [6.45, 7) is 4.41. The first-order valence-electron chi connectivity index (χ1n) is 7.32. The molecule has 1 atom stereocenters. The molecule has 0 bridgehead atoms.